The van der Waals surface area contributed by atoms with Crippen molar-refractivity contribution < 1.29 is 19.1 Å². The molecule has 106 valence electrons. The summed E-state index contributed by atoms with van der Waals surface area (Å²) < 4.78 is 10.9. The Morgan fingerprint density at radius 3 is 2.89 bits per heavy atom. The molecule has 5 heteroatoms. The van der Waals surface area contributed by atoms with Crippen molar-refractivity contribution in [2.45, 2.75) is 32.7 Å². The molecule has 1 saturated heterocycles. The number of nitrogens with zero attached hydrogens (tertiary/aromatic N) is 1. The molecule has 1 atom stereocenters. The molecule has 0 saturated carbocycles. The minimum absolute atomic E-state index is 0.0837. The van der Waals surface area contributed by atoms with Crippen LogP contribution in [-0.4, -0.2) is 48.3 Å². The van der Waals surface area contributed by atoms with Crippen LogP contribution in [-0.2, 0) is 4.74 Å². The number of carbonyl (C=O) groups is 1. The highest BCUT2D eigenvalue weighted by Gasteiger charge is 2.29. The summed E-state index contributed by atoms with van der Waals surface area (Å²) in [5.74, 6) is 1.61. The largest absolute Gasteiger partial charge is 0.465 e. The predicted octanol–water partition coefficient (Wildman–Crippen LogP) is 1.54. The average molecular weight is 267 g/mol. The molecule has 0 bridgehead atoms. The summed E-state index contributed by atoms with van der Waals surface area (Å²) in [6.07, 6.45) is 0. The first kappa shape index (κ1) is 14.1. The van der Waals surface area contributed by atoms with Gasteiger partial charge in [0.25, 0.3) is 5.91 Å². The fourth-order valence-electron chi connectivity index (χ4n) is 2.23. The molecule has 1 amide bonds. The molecule has 19 heavy (non-hydrogen) atoms. The number of carbonyl (C=O) groups excluding carboxylic acids is 1. The summed E-state index contributed by atoms with van der Waals surface area (Å²) in [6, 6.07) is 1.55. The smallest absolute Gasteiger partial charge is 0.257 e. The van der Waals surface area contributed by atoms with E-state index in [0.717, 1.165) is 5.76 Å². The zero-order chi connectivity index (χ0) is 14.0. The lowest BCUT2D eigenvalue weighted by Gasteiger charge is -2.34. The van der Waals surface area contributed by atoms with E-state index in [0.29, 0.717) is 31.1 Å². The number of aliphatic hydroxyl groups excluding tert-OH is 1. The number of ether oxygens (including phenoxy) is 1. The van der Waals surface area contributed by atoms with Crippen molar-refractivity contribution in [1.29, 1.82) is 0 Å². The third-order valence-corrected chi connectivity index (χ3v) is 3.44. The Hall–Kier alpha value is -1.33. The summed E-state index contributed by atoms with van der Waals surface area (Å²) in [5.41, 5.74) is 0.587. The molecule has 1 fully saturated rings. The number of rotatable bonds is 3. The van der Waals surface area contributed by atoms with Crippen molar-refractivity contribution in [2.75, 3.05) is 26.4 Å². The van der Waals surface area contributed by atoms with Crippen molar-refractivity contribution >= 4 is 5.91 Å². The molecule has 0 spiro atoms. The van der Waals surface area contributed by atoms with Crippen LogP contribution in [0, 0.1) is 6.92 Å². The molecule has 1 aromatic rings. The van der Waals surface area contributed by atoms with E-state index in [1.807, 2.05) is 19.9 Å². The molecule has 0 radical (unpaired) electrons. The Balaban J connectivity index is 2.22. The van der Waals surface area contributed by atoms with E-state index >= 15 is 0 Å². The van der Waals surface area contributed by atoms with Gasteiger partial charge in [0.2, 0.25) is 0 Å². The Bertz CT molecular complexity index is 452. The van der Waals surface area contributed by atoms with Gasteiger partial charge in [0.05, 0.1) is 31.4 Å². The van der Waals surface area contributed by atoms with Gasteiger partial charge < -0.3 is 19.2 Å². The van der Waals surface area contributed by atoms with Gasteiger partial charge in [-0.1, -0.05) is 13.8 Å². The van der Waals surface area contributed by atoms with Gasteiger partial charge in [-0.2, -0.15) is 0 Å². The van der Waals surface area contributed by atoms with Crippen LogP contribution in [0.3, 0.4) is 0 Å². The van der Waals surface area contributed by atoms with E-state index in [-0.39, 0.29) is 24.5 Å². The van der Waals surface area contributed by atoms with Crippen LogP contribution in [0.15, 0.2) is 10.5 Å². The van der Waals surface area contributed by atoms with Crippen molar-refractivity contribution in [1.82, 2.24) is 4.90 Å². The predicted molar refractivity (Wildman–Crippen MR) is 70.3 cm³/mol. The normalized spacial score (nSPS) is 20.1. The maximum atomic E-state index is 12.5. The highest BCUT2D eigenvalue weighted by atomic mass is 16.5. The van der Waals surface area contributed by atoms with E-state index in [2.05, 4.69) is 0 Å². The van der Waals surface area contributed by atoms with Gasteiger partial charge in [0.15, 0.2) is 0 Å². The molecule has 1 N–H and O–H groups in total. The molecular formula is C14H21NO4. The zero-order valence-corrected chi connectivity index (χ0v) is 11.7. The van der Waals surface area contributed by atoms with Crippen molar-refractivity contribution in [3.63, 3.8) is 0 Å². The van der Waals surface area contributed by atoms with Crippen LogP contribution in [0.1, 0.15) is 41.6 Å². The van der Waals surface area contributed by atoms with Crippen LogP contribution in [0.2, 0.25) is 0 Å². The number of hydrogen-bond donors (Lipinski definition) is 1. The van der Waals surface area contributed by atoms with Crippen LogP contribution in [0.4, 0.5) is 0 Å². The Labute approximate surface area is 113 Å². The van der Waals surface area contributed by atoms with Crippen molar-refractivity contribution in [3.05, 3.63) is 23.2 Å². The standard InChI is InChI=1S/C14H21NO4/c1-9(2)13-6-12(10(3)19-13)14(17)15-4-5-18-8-11(15)7-16/h6,9,11,16H,4-5,7-8H2,1-3H3. The molecule has 1 unspecified atom stereocenters. The molecule has 5 nitrogen and oxygen atoms in total. The minimum Gasteiger partial charge on any atom is -0.465 e. The summed E-state index contributed by atoms with van der Waals surface area (Å²) in [5, 5.41) is 9.32. The quantitative estimate of drug-likeness (QED) is 0.902. The lowest BCUT2D eigenvalue weighted by Crippen LogP contribution is -2.50. The summed E-state index contributed by atoms with van der Waals surface area (Å²) in [7, 11) is 0. The molecule has 0 aliphatic carbocycles. The number of morpholine rings is 1. The molecular weight excluding hydrogens is 246 g/mol. The third-order valence-electron chi connectivity index (χ3n) is 3.44. The van der Waals surface area contributed by atoms with Crippen LogP contribution in [0.5, 0.6) is 0 Å². The summed E-state index contributed by atoms with van der Waals surface area (Å²) >= 11 is 0. The second-order valence-electron chi connectivity index (χ2n) is 5.18. The summed E-state index contributed by atoms with van der Waals surface area (Å²) in [6.45, 7) is 7.17. The second-order valence-corrected chi connectivity index (χ2v) is 5.18. The van der Waals surface area contributed by atoms with Gasteiger partial charge in [-0.15, -0.1) is 0 Å². The molecule has 2 rings (SSSR count). The fourth-order valence-corrected chi connectivity index (χ4v) is 2.23. The number of aryl methyl sites for hydroxylation is 1. The lowest BCUT2D eigenvalue weighted by molar-refractivity contribution is -0.0184. The number of aliphatic hydroxyl groups is 1. The highest BCUT2D eigenvalue weighted by molar-refractivity contribution is 5.95. The Morgan fingerprint density at radius 1 is 1.58 bits per heavy atom. The van der Waals surface area contributed by atoms with Crippen molar-refractivity contribution in [2.24, 2.45) is 0 Å². The van der Waals surface area contributed by atoms with Gasteiger partial charge in [0.1, 0.15) is 11.5 Å². The van der Waals surface area contributed by atoms with E-state index < -0.39 is 0 Å². The third kappa shape index (κ3) is 2.82. The first-order valence-corrected chi connectivity index (χ1v) is 6.64. The summed E-state index contributed by atoms with van der Waals surface area (Å²) in [4.78, 5) is 14.2. The Kier molecular flexibility index (Phi) is 4.27. The minimum atomic E-state index is -0.266. The number of amides is 1. The highest BCUT2D eigenvalue weighted by Crippen LogP contribution is 2.24. The van der Waals surface area contributed by atoms with Gasteiger partial charge in [-0.3, -0.25) is 4.79 Å². The molecule has 1 aliphatic heterocycles. The monoisotopic (exact) mass is 267 g/mol. The maximum absolute atomic E-state index is 12.5. The zero-order valence-electron chi connectivity index (χ0n) is 11.7. The average Bonchev–Trinajstić information content (AvgIpc) is 2.80. The van der Waals surface area contributed by atoms with E-state index in [1.165, 1.54) is 0 Å². The van der Waals surface area contributed by atoms with Gasteiger partial charge >= 0.3 is 0 Å². The van der Waals surface area contributed by atoms with Gasteiger partial charge in [0, 0.05) is 12.5 Å². The number of furan rings is 1. The van der Waals surface area contributed by atoms with E-state index in [1.54, 1.807) is 11.8 Å². The SMILES string of the molecule is Cc1oc(C(C)C)cc1C(=O)N1CCOCC1CO. The Morgan fingerprint density at radius 2 is 2.32 bits per heavy atom. The topological polar surface area (TPSA) is 62.9 Å². The van der Waals surface area contributed by atoms with Crippen LogP contribution < -0.4 is 0 Å². The maximum Gasteiger partial charge on any atom is 0.257 e. The van der Waals surface area contributed by atoms with E-state index in [4.69, 9.17) is 9.15 Å². The van der Waals surface area contributed by atoms with Crippen LogP contribution in [0.25, 0.3) is 0 Å². The van der Waals surface area contributed by atoms with Crippen molar-refractivity contribution in [3.8, 4) is 0 Å². The molecule has 1 aliphatic rings. The fraction of sp³-hybridized carbons (Fsp3) is 0.643. The second kappa shape index (κ2) is 5.75. The molecule has 1 aromatic heterocycles. The van der Waals surface area contributed by atoms with Gasteiger partial charge in [-0.05, 0) is 13.0 Å². The van der Waals surface area contributed by atoms with E-state index in [9.17, 15) is 9.90 Å². The molecule has 0 aromatic carbocycles. The number of hydrogen-bond acceptors (Lipinski definition) is 4. The first-order chi connectivity index (χ1) is 9.04. The van der Waals surface area contributed by atoms with Gasteiger partial charge in [-0.25, -0.2) is 0 Å². The first-order valence-electron chi connectivity index (χ1n) is 6.64. The lowest BCUT2D eigenvalue weighted by atomic mass is 10.1. The molecule has 2 heterocycles. The van der Waals surface area contributed by atoms with Crippen LogP contribution >= 0.6 is 0 Å².